The van der Waals surface area contributed by atoms with Crippen LogP contribution in [0.5, 0.6) is 28.7 Å². The van der Waals surface area contributed by atoms with E-state index in [9.17, 15) is 25.2 Å². The highest BCUT2D eigenvalue weighted by Gasteiger charge is 2.24. The number of ether oxygens (including phenoxy) is 1. The molecule has 0 aliphatic rings. The lowest BCUT2D eigenvalue weighted by molar-refractivity contribution is 0.0693. The van der Waals surface area contributed by atoms with Crippen LogP contribution < -0.4 is 4.74 Å². The predicted octanol–water partition coefficient (Wildman–Crippen LogP) is 4.99. The van der Waals surface area contributed by atoms with E-state index >= 15 is 0 Å². The number of carboxylic acid groups (broad SMARTS) is 1. The number of phenols is 3. The molecule has 7 heteroatoms. The first-order valence-corrected chi connectivity index (χ1v) is 8.09. The maximum atomic E-state index is 11.6. The topological polar surface area (TPSA) is 107 Å². The van der Waals surface area contributed by atoms with Crippen LogP contribution in [-0.4, -0.2) is 26.4 Å². The molecule has 4 N–H and O–H groups in total. The van der Waals surface area contributed by atoms with Crippen molar-refractivity contribution >= 4 is 23.1 Å². The highest BCUT2D eigenvalue weighted by molar-refractivity contribution is 6.33. The number of aromatic carboxylic acids is 1. The summed E-state index contributed by atoms with van der Waals surface area (Å²) >= 11 is 5.92. The lowest BCUT2D eigenvalue weighted by Gasteiger charge is -2.18. The van der Waals surface area contributed by atoms with Gasteiger partial charge >= 0.3 is 5.97 Å². The minimum atomic E-state index is -1.29. The molecule has 0 radical (unpaired) electrons. The number of allylic oxidation sites excluding steroid dienone is 2. The Morgan fingerprint density at radius 1 is 1.12 bits per heavy atom. The number of halogens is 1. The summed E-state index contributed by atoms with van der Waals surface area (Å²) in [4.78, 5) is 11.6. The molecule has 2 aromatic carbocycles. The number of rotatable bonds is 4. The van der Waals surface area contributed by atoms with Gasteiger partial charge in [0, 0.05) is 17.2 Å². The van der Waals surface area contributed by atoms with E-state index in [2.05, 4.69) is 0 Å². The molecule has 0 aromatic heterocycles. The standard InChI is InChI=1S/C19H19ClO6/c1-5-8(2)11-6-12(21)9(3)17(23)18(11)26-14-7-13(22)16(20)10(4)15(14)19(24)25/h5-7,21-23H,1-4H3,(H,24,25). The van der Waals surface area contributed by atoms with Gasteiger partial charge in [-0.3, -0.25) is 0 Å². The highest BCUT2D eigenvalue weighted by Crippen LogP contribution is 2.46. The number of phenolic OH excluding ortho intramolecular Hbond substituents is 3. The SMILES string of the molecule is CC=C(C)c1cc(O)c(C)c(O)c1Oc1cc(O)c(Cl)c(C)c1C(=O)O. The van der Waals surface area contributed by atoms with Crippen LogP contribution >= 0.6 is 11.6 Å². The van der Waals surface area contributed by atoms with Crippen molar-refractivity contribution in [1.82, 2.24) is 0 Å². The first kappa shape index (κ1) is 19.5. The van der Waals surface area contributed by atoms with E-state index in [4.69, 9.17) is 16.3 Å². The summed E-state index contributed by atoms with van der Waals surface area (Å²) < 4.78 is 5.71. The lowest BCUT2D eigenvalue weighted by atomic mass is 10.0. The zero-order chi connectivity index (χ0) is 19.8. The largest absolute Gasteiger partial charge is 0.508 e. The zero-order valence-electron chi connectivity index (χ0n) is 14.7. The molecule has 0 unspecified atom stereocenters. The Morgan fingerprint density at radius 3 is 2.27 bits per heavy atom. The summed E-state index contributed by atoms with van der Waals surface area (Å²) in [5.74, 6) is -2.30. The fraction of sp³-hybridized carbons (Fsp3) is 0.211. The van der Waals surface area contributed by atoms with E-state index in [1.54, 1.807) is 19.9 Å². The minimum absolute atomic E-state index is 0.0282. The third kappa shape index (κ3) is 3.28. The van der Waals surface area contributed by atoms with E-state index in [-0.39, 0.29) is 50.5 Å². The van der Waals surface area contributed by atoms with E-state index in [0.717, 1.165) is 6.07 Å². The van der Waals surface area contributed by atoms with E-state index < -0.39 is 5.97 Å². The van der Waals surface area contributed by atoms with Crippen molar-refractivity contribution in [3.63, 3.8) is 0 Å². The van der Waals surface area contributed by atoms with Crippen molar-refractivity contribution in [1.29, 1.82) is 0 Å². The van der Waals surface area contributed by atoms with E-state index in [0.29, 0.717) is 11.1 Å². The van der Waals surface area contributed by atoms with Gasteiger partial charge in [0.05, 0.1) is 5.02 Å². The van der Waals surface area contributed by atoms with Gasteiger partial charge in [0.1, 0.15) is 22.8 Å². The van der Waals surface area contributed by atoms with Crippen LogP contribution in [0.2, 0.25) is 5.02 Å². The van der Waals surface area contributed by atoms with Crippen LogP contribution in [0.15, 0.2) is 18.2 Å². The predicted molar refractivity (Wildman–Crippen MR) is 98.7 cm³/mol. The lowest BCUT2D eigenvalue weighted by Crippen LogP contribution is -2.05. The fourth-order valence-electron chi connectivity index (χ4n) is 2.48. The summed E-state index contributed by atoms with van der Waals surface area (Å²) in [7, 11) is 0. The number of hydrogen-bond donors (Lipinski definition) is 4. The normalized spacial score (nSPS) is 11.5. The Bertz CT molecular complexity index is 931. The molecule has 0 fully saturated rings. The minimum Gasteiger partial charge on any atom is -0.508 e. The summed E-state index contributed by atoms with van der Waals surface area (Å²) in [5, 5.41) is 39.8. The quantitative estimate of drug-likeness (QED) is 0.597. The van der Waals surface area contributed by atoms with Crippen molar-refractivity contribution in [2.24, 2.45) is 0 Å². The molecule has 0 heterocycles. The number of aromatic hydroxyl groups is 3. The maximum Gasteiger partial charge on any atom is 0.339 e. The zero-order valence-corrected chi connectivity index (χ0v) is 15.5. The van der Waals surface area contributed by atoms with Gasteiger partial charge in [-0.05, 0) is 44.9 Å². The number of carboxylic acids is 1. The van der Waals surface area contributed by atoms with Gasteiger partial charge in [0.2, 0.25) is 0 Å². The third-order valence-electron chi connectivity index (χ3n) is 4.21. The first-order chi connectivity index (χ1) is 12.1. The maximum absolute atomic E-state index is 11.6. The Kier molecular flexibility index (Phi) is 5.37. The van der Waals surface area contributed by atoms with Crippen LogP contribution in [0.4, 0.5) is 0 Å². The summed E-state index contributed by atoms with van der Waals surface area (Å²) in [6, 6.07) is 2.50. The van der Waals surface area contributed by atoms with Crippen molar-refractivity contribution in [3.8, 4) is 28.7 Å². The molecule has 26 heavy (non-hydrogen) atoms. The van der Waals surface area contributed by atoms with Crippen molar-refractivity contribution in [3.05, 3.63) is 45.5 Å². The average Bonchev–Trinajstić information content (AvgIpc) is 2.58. The molecular formula is C19H19ClO6. The number of hydrogen-bond acceptors (Lipinski definition) is 5. The molecule has 6 nitrogen and oxygen atoms in total. The second-order valence-electron chi connectivity index (χ2n) is 5.83. The molecule has 0 aliphatic heterocycles. The van der Waals surface area contributed by atoms with Gasteiger partial charge in [-0.2, -0.15) is 0 Å². The van der Waals surface area contributed by atoms with Gasteiger partial charge in [-0.25, -0.2) is 4.79 Å². The molecule has 2 aromatic rings. The first-order valence-electron chi connectivity index (χ1n) is 7.72. The molecule has 0 bridgehead atoms. The van der Waals surface area contributed by atoms with E-state index in [1.165, 1.54) is 19.9 Å². The summed E-state index contributed by atoms with van der Waals surface area (Å²) in [5.41, 5.74) is 1.16. The second-order valence-corrected chi connectivity index (χ2v) is 6.21. The van der Waals surface area contributed by atoms with Crippen molar-refractivity contribution in [2.75, 3.05) is 0 Å². The third-order valence-corrected chi connectivity index (χ3v) is 4.68. The van der Waals surface area contributed by atoms with Crippen molar-refractivity contribution in [2.45, 2.75) is 27.7 Å². The van der Waals surface area contributed by atoms with Crippen LogP contribution in [0.25, 0.3) is 5.57 Å². The van der Waals surface area contributed by atoms with Crippen LogP contribution in [0, 0.1) is 13.8 Å². The van der Waals surface area contributed by atoms with Crippen LogP contribution in [-0.2, 0) is 0 Å². The molecule has 2 rings (SSSR count). The highest BCUT2D eigenvalue weighted by atomic mass is 35.5. The van der Waals surface area contributed by atoms with Gasteiger partial charge in [0.15, 0.2) is 11.5 Å². The number of benzene rings is 2. The van der Waals surface area contributed by atoms with E-state index in [1.807, 2.05) is 0 Å². The van der Waals surface area contributed by atoms with Crippen LogP contribution in [0.1, 0.15) is 40.9 Å². The second kappa shape index (κ2) is 7.17. The molecule has 0 saturated carbocycles. The smallest absolute Gasteiger partial charge is 0.339 e. The fourth-order valence-corrected chi connectivity index (χ4v) is 2.63. The Balaban J connectivity index is 2.78. The van der Waals surface area contributed by atoms with Gasteiger partial charge < -0.3 is 25.2 Å². The van der Waals surface area contributed by atoms with Gasteiger partial charge in [-0.1, -0.05) is 17.7 Å². The molecule has 0 atom stereocenters. The molecule has 0 amide bonds. The van der Waals surface area contributed by atoms with Crippen molar-refractivity contribution < 1.29 is 30.0 Å². The molecular weight excluding hydrogens is 360 g/mol. The Labute approximate surface area is 155 Å². The van der Waals surface area contributed by atoms with Gasteiger partial charge in [-0.15, -0.1) is 0 Å². The molecule has 0 aliphatic carbocycles. The monoisotopic (exact) mass is 378 g/mol. The van der Waals surface area contributed by atoms with Crippen LogP contribution in [0.3, 0.4) is 0 Å². The average molecular weight is 379 g/mol. The molecule has 138 valence electrons. The Morgan fingerprint density at radius 2 is 1.73 bits per heavy atom. The van der Waals surface area contributed by atoms with Gasteiger partial charge in [0.25, 0.3) is 0 Å². The summed E-state index contributed by atoms with van der Waals surface area (Å²) in [6.07, 6.45) is 1.75. The Hall–Kier alpha value is -2.86. The molecule has 0 saturated heterocycles. The number of carbonyl (C=O) groups is 1. The molecule has 0 spiro atoms. The summed E-state index contributed by atoms with van der Waals surface area (Å²) in [6.45, 7) is 6.46.